The first kappa shape index (κ1) is 23.4. The number of carbonyl (C=O) groups is 1. The van der Waals surface area contributed by atoms with E-state index in [-0.39, 0.29) is 5.91 Å². The van der Waals surface area contributed by atoms with Gasteiger partial charge in [-0.05, 0) is 76.5 Å². The van der Waals surface area contributed by atoms with E-state index in [1.165, 1.54) is 12.4 Å². The monoisotopic (exact) mass is 515 g/mol. The molecule has 0 fully saturated rings. The molecule has 0 radical (unpaired) electrons. The molecule has 0 aliphatic heterocycles. The van der Waals surface area contributed by atoms with Crippen molar-refractivity contribution in [2.24, 2.45) is 10.7 Å². The van der Waals surface area contributed by atoms with Gasteiger partial charge in [0.15, 0.2) is 0 Å². The third kappa shape index (κ3) is 4.79. The number of hydrogen-bond acceptors (Lipinski definition) is 5. The second-order valence-corrected chi connectivity index (χ2v) is 9.01. The van der Waals surface area contributed by atoms with Crippen LogP contribution in [0.3, 0.4) is 0 Å². The standard InChI is InChI=1S/C27H26BrN5O/c1-16-10-23-21(8-9-32-26(23)30)17(2)24(16)15-33-27(34)20(12-29)14-31-13-18-6-7-22-19(11-18)4-3-5-25(22)28/h3-12,14H,13,15,29H2,1-2H3,(H2,30,32)(H,33,34)/b20-12+,31-14?. The zero-order chi connectivity index (χ0) is 24.2. The number of nitrogens with zero attached hydrogens (tertiary/aromatic N) is 2. The van der Waals surface area contributed by atoms with Crippen LogP contribution in [0, 0.1) is 13.8 Å². The Morgan fingerprint density at radius 3 is 2.74 bits per heavy atom. The fourth-order valence-electron chi connectivity index (χ4n) is 4.09. The number of aryl methyl sites for hydroxylation is 2. The predicted octanol–water partition coefficient (Wildman–Crippen LogP) is 5.08. The molecule has 5 N–H and O–H groups in total. The first-order valence-corrected chi connectivity index (χ1v) is 11.7. The number of hydrogen-bond donors (Lipinski definition) is 3. The molecule has 0 saturated heterocycles. The van der Waals surface area contributed by atoms with Crippen LogP contribution in [0.5, 0.6) is 0 Å². The summed E-state index contributed by atoms with van der Waals surface area (Å²) in [5.41, 5.74) is 16.3. The number of benzene rings is 3. The molecule has 0 aliphatic rings. The van der Waals surface area contributed by atoms with Crippen molar-refractivity contribution in [2.45, 2.75) is 26.9 Å². The summed E-state index contributed by atoms with van der Waals surface area (Å²) in [5, 5.41) is 7.19. The van der Waals surface area contributed by atoms with Gasteiger partial charge < -0.3 is 16.8 Å². The first-order chi connectivity index (χ1) is 16.4. The quantitative estimate of drug-likeness (QED) is 0.246. The average molecular weight is 516 g/mol. The van der Waals surface area contributed by atoms with Gasteiger partial charge >= 0.3 is 0 Å². The molecule has 4 rings (SSSR count). The largest absolute Gasteiger partial charge is 0.404 e. The van der Waals surface area contributed by atoms with Crippen LogP contribution in [0.15, 0.2) is 76.0 Å². The van der Waals surface area contributed by atoms with E-state index in [1.54, 1.807) is 6.20 Å². The topological polar surface area (TPSA) is 106 Å². The molecule has 6 nitrogen and oxygen atoms in total. The Morgan fingerprint density at radius 2 is 1.94 bits per heavy atom. The molecule has 172 valence electrons. The molecule has 1 amide bonds. The molecule has 0 saturated carbocycles. The van der Waals surface area contributed by atoms with Gasteiger partial charge in [0, 0.05) is 35.0 Å². The van der Waals surface area contributed by atoms with Gasteiger partial charge in [-0.1, -0.05) is 40.2 Å². The molecule has 1 aromatic heterocycles. The van der Waals surface area contributed by atoms with Gasteiger partial charge in [0.25, 0.3) is 5.91 Å². The van der Waals surface area contributed by atoms with Crippen LogP contribution in [-0.2, 0) is 17.9 Å². The third-order valence-electron chi connectivity index (χ3n) is 5.98. The van der Waals surface area contributed by atoms with Gasteiger partial charge in [0.1, 0.15) is 5.82 Å². The van der Waals surface area contributed by atoms with Gasteiger partial charge in [0.2, 0.25) is 0 Å². The van der Waals surface area contributed by atoms with Crippen LogP contribution in [0.25, 0.3) is 21.5 Å². The zero-order valence-corrected chi connectivity index (χ0v) is 20.7. The maximum atomic E-state index is 12.8. The van der Waals surface area contributed by atoms with Crippen molar-refractivity contribution in [3.63, 3.8) is 0 Å². The Balaban J connectivity index is 1.44. The maximum Gasteiger partial charge on any atom is 0.254 e. The lowest BCUT2D eigenvalue weighted by atomic mass is 9.96. The molecule has 7 heteroatoms. The summed E-state index contributed by atoms with van der Waals surface area (Å²) in [6.07, 6.45) is 4.50. The van der Waals surface area contributed by atoms with Crippen LogP contribution in [-0.4, -0.2) is 17.1 Å². The number of pyridine rings is 1. The molecule has 3 aromatic carbocycles. The van der Waals surface area contributed by atoms with E-state index in [0.29, 0.717) is 24.5 Å². The summed E-state index contributed by atoms with van der Waals surface area (Å²) < 4.78 is 1.06. The Kier molecular flexibility index (Phi) is 6.93. The normalized spacial score (nSPS) is 12.0. The minimum Gasteiger partial charge on any atom is -0.404 e. The van der Waals surface area contributed by atoms with Crippen molar-refractivity contribution in [1.29, 1.82) is 0 Å². The molecular weight excluding hydrogens is 490 g/mol. The minimum absolute atomic E-state index is 0.276. The van der Waals surface area contributed by atoms with E-state index in [0.717, 1.165) is 48.3 Å². The Labute approximate surface area is 206 Å². The summed E-state index contributed by atoms with van der Waals surface area (Å²) in [4.78, 5) is 21.4. The van der Waals surface area contributed by atoms with E-state index >= 15 is 0 Å². The molecular formula is C27H26BrN5O. The summed E-state index contributed by atoms with van der Waals surface area (Å²) in [7, 11) is 0. The van der Waals surface area contributed by atoms with Gasteiger partial charge in [0.05, 0.1) is 12.1 Å². The Bertz CT molecular complexity index is 1460. The SMILES string of the molecule is Cc1cc2c(N)nccc2c(C)c1CNC(=O)/C(C=NCc1ccc2c(Br)cccc2c1)=C/N. The van der Waals surface area contributed by atoms with Gasteiger partial charge in [-0.2, -0.15) is 0 Å². The number of amides is 1. The van der Waals surface area contributed by atoms with Crippen molar-refractivity contribution in [3.05, 3.63) is 93.2 Å². The van der Waals surface area contributed by atoms with E-state index in [4.69, 9.17) is 11.5 Å². The van der Waals surface area contributed by atoms with Gasteiger partial charge in [-0.25, -0.2) is 4.98 Å². The van der Waals surface area contributed by atoms with E-state index in [2.05, 4.69) is 49.4 Å². The van der Waals surface area contributed by atoms with Crippen molar-refractivity contribution in [2.75, 3.05) is 5.73 Å². The molecule has 0 unspecified atom stereocenters. The number of halogens is 1. The second-order valence-electron chi connectivity index (χ2n) is 8.16. The van der Waals surface area contributed by atoms with Crippen molar-refractivity contribution < 1.29 is 4.79 Å². The fourth-order valence-corrected chi connectivity index (χ4v) is 4.61. The number of anilines is 1. The van der Waals surface area contributed by atoms with Crippen LogP contribution < -0.4 is 16.8 Å². The number of nitrogen functional groups attached to an aromatic ring is 1. The second kappa shape index (κ2) is 10.1. The maximum absolute atomic E-state index is 12.8. The van der Waals surface area contributed by atoms with Crippen LogP contribution >= 0.6 is 15.9 Å². The lowest BCUT2D eigenvalue weighted by Crippen LogP contribution is -2.26. The molecule has 4 aromatic rings. The fraction of sp³-hybridized carbons (Fsp3) is 0.148. The molecule has 0 atom stereocenters. The van der Waals surface area contributed by atoms with Gasteiger partial charge in [-0.3, -0.25) is 9.79 Å². The lowest BCUT2D eigenvalue weighted by Gasteiger charge is -2.15. The number of aliphatic imine (C=N–C) groups is 1. The average Bonchev–Trinajstić information content (AvgIpc) is 2.82. The first-order valence-electron chi connectivity index (χ1n) is 10.9. The van der Waals surface area contributed by atoms with Gasteiger partial charge in [-0.15, -0.1) is 0 Å². The Morgan fingerprint density at radius 1 is 1.12 bits per heavy atom. The minimum atomic E-state index is -0.276. The van der Waals surface area contributed by atoms with Crippen molar-refractivity contribution in [1.82, 2.24) is 10.3 Å². The molecule has 0 spiro atoms. The Hall–Kier alpha value is -3.71. The highest BCUT2D eigenvalue weighted by Crippen LogP contribution is 2.28. The zero-order valence-electron chi connectivity index (χ0n) is 19.1. The number of fused-ring (bicyclic) bond motifs is 2. The van der Waals surface area contributed by atoms with E-state index in [1.807, 2.05) is 44.2 Å². The summed E-state index contributed by atoms with van der Waals surface area (Å²) in [5.74, 6) is 0.227. The number of carbonyl (C=O) groups excluding carboxylic acids is 1. The smallest absolute Gasteiger partial charge is 0.254 e. The summed E-state index contributed by atoms with van der Waals surface area (Å²) >= 11 is 3.57. The van der Waals surface area contributed by atoms with Crippen molar-refractivity contribution >= 4 is 55.4 Å². The highest BCUT2D eigenvalue weighted by atomic mass is 79.9. The predicted molar refractivity (Wildman–Crippen MR) is 144 cm³/mol. The number of rotatable bonds is 6. The van der Waals surface area contributed by atoms with Crippen LogP contribution in [0.2, 0.25) is 0 Å². The third-order valence-corrected chi connectivity index (χ3v) is 6.67. The molecule has 34 heavy (non-hydrogen) atoms. The number of nitrogens with one attached hydrogen (secondary N) is 1. The summed E-state index contributed by atoms with van der Waals surface area (Å²) in [6.45, 7) is 4.86. The molecule has 0 aliphatic carbocycles. The van der Waals surface area contributed by atoms with Crippen molar-refractivity contribution in [3.8, 4) is 0 Å². The van der Waals surface area contributed by atoms with E-state index < -0.39 is 0 Å². The molecule has 1 heterocycles. The molecule has 0 bridgehead atoms. The lowest BCUT2D eigenvalue weighted by molar-refractivity contribution is -0.117. The van der Waals surface area contributed by atoms with E-state index in [9.17, 15) is 4.79 Å². The number of nitrogens with two attached hydrogens (primary N) is 2. The summed E-state index contributed by atoms with van der Waals surface area (Å²) in [6, 6.07) is 16.2. The van der Waals surface area contributed by atoms with Crippen LogP contribution in [0.1, 0.15) is 22.3 Å². The highest BCUT2D eigenvalue weighted by molar-refractivity contribution is 9.10. The highest BCUT2D eigenvalue weighted by Gasteiger charge is 2.12. The van der Waals surface area contributed by atoms with Crippen LogP contribution in [0.4, 0.5) is 5.82 Å². The number of aromatic nitrogens is 1.